The monoisotopic (exact) mass is 484 g/mol. The van der Waals surface area contributed by atoms with Crippen LogP contribution in [0.1, 0.15) is 10.6 Å². The molecule has 0 spiro atoms. The Kier molecular flexibility index (Phi) is 6.26. The lowest BCUT2D eigenvalue weighted by atomic mass is 10.1. The summed E-state index contributed by atoms with van der Waals surface area (Å²) < 4.78 is 5.54. The Labute approximate surface area is 196 Å². The first-order chi connectivity index (χ1) is 15.4. The van der Waals surface area contributed by atoms with Gasteiger partial charge in [-0.25, -0.2) is 4.98 Å². The van der Waals surface area contributed by atoms with Gasteiger partial charge in [-0.3, -0.25) is 20.2 Å². The molecule has 0 aliphatic rings. The zero-order valence-corrected chi connectivity index (χ0v) is 18.5. The molecule has 0 radical (unpaired) electrons. The van der Waals surface area contributed by atoms with Crippen LogP contribution in [-0.2, 0) is 0 Å². The Morgan fingerprint density at radius 3 is 2.66 bits per heavy atom. The summed E-state index contributed by atoms with van der Waals surface area (Å²) in [7, 11) is 0. The van der Waals surface area contributed by atoms with E-state index in [1.165, 1.54) is 29.5 Å². The van der Waals surface area contributed by atoms with Crippen LogP contribution in [0.3, 0.4) is 0 Å². The number of nitro benzene ring substituents is 1. The van der Waals surface area contributed by atoms with Gasteiger partial charge in [0.25, 0.3) is 11.6 Å². The summed E-state index contributed by atoms with van der Waals surface area (Å²) in [6, 6.07) is 16.2. The number of benzene rings is 2. The van der Waals surface area contributed by atoms with E-state index in [4.69, 9.17) is 28.2 Å². The summed E-state index contributed by atoms with van der Waals surface area (Å²) in [4.78, 5) is 27.3. The number of nitrogens with one attached hydrogen (secondary N) is 2. The highest BCUT2D eigenvalue weighted by Crippen LogP contribution is 2.27. The Morgan fingerprint density at radius 2 is 1.91 bits per heavy atom. The van der Waals surface area contributed by atoms with Crippen molar-refractivity contribution < 1.29 is 14.1 Å². The predicted octanol–water partition coefficient (Wildman–Crippen LogP) is 5.76. The van der Waals surface area contributed by atoms with Gasteiger partial charge < -0.3 is 9.73 Å². The highest BCUT2D eigenvalue weighted by Gasteiger charge is 2.16. The third kappa shape index (κ3) is 4.99. The van der Waals surface area contributed by atoms with E-state index in [1.54, 1.807) is 30.3 Å². The quantitative estimate of drug-likeness (QED) is 0.210. The Morgan fingerprint density at radius 1 is 1.12 bits per heavy atom. The van der Waals surface area contributed by atoms with Gasteiger partial charge in [0.15, 0.2) is 16.0 Å². The second-order valence-corrected chi connectivity index (χ2v) is 8.13. The van der Waals surface area contributed by atoms with Gasteiger partial charge in [0, 0.05) is 33.7 Å². The normalized spacial score (nSPS) is 10.5. The van der Waals surface area contributed by atoms with Gasteiger partial charge in [0.2, 0.25) is 0 Å². The van der Waals surface area contributed by atoms with E-state index in [1.807, 2.05) is 17.5 Å². The SMILES string of the molecule is O=C(NC(=S)Nc1nc(-c2ccc(Cl)cc2)cs1)c1ccc(-c2cccc([N+](=O)[O-])c2)o1. The Balaban J connectivity index is 1.39. The number of thiocarbonyl (C=S) groups is 1. The molecule has 2 aromatic heterocycles. The minimum absolute atomic E-state index is 0.0108. The molecule has 0 bridgehead atoms. The second-order valence-electron chi connectivity index (χ2n) is 6.42. The average Bonchev–Trinajstić information content (AvgIpc) is 3.44. The zero-order valence-electron chi connectivity index (χ0n) is 16.1. The number of nitrogens with zero attached hydrogens (tertiary/aromatic N) is 2. The molecular weight excluding hydrogens is 472 g/mol. The topological polar surface area (TPSA) is 110 Å². The van der Waals surface area contributed by atoms with Gasteiger partial charge in [-0.15, -0.1) is 11.3 Å². The number of thiazole rings is 1. The molecule has 4 aromatic rings. The molecule has 8 nitrogen and oxygen atoms in total. The fourth-order valence-corrected chi connectivity index (χ4v) is 3.87. The summed E-state index contributed by atoms with van der Waals surface area (Å²) in [6.07, 6.45) is 0. The number of hydrogen-bond donors (Lipinski definition) is 2. The third-order valence-corrected chi connectivity index (χ3v) is 5.48. The molecule has 32 heavy (non-hydrogen) atoms. The van der Waals surface area contributed by atoms with Crippen molar-refractivity contribution in [2.24, 2.45) is 0 Å². The first-order valence-electron chi connectivity index (χ1n) is 9.07. The van der Waals surface area contributed by atoms with Gasteiger partial charge in [-0.2, -0.15) is 0 Å². The minimum atomic E-state index is -0.561. The number of halogens is 1. The molecule has 0 atom stereocenters. The number of rotatable bonds is 5. The van der Waals surface area contributed by atoms with Crippen LogP contribution in [0.4, 0.5) is 10.8 Å². The molecule has 0 aliphatic carbocycles. The van der Waals surface area contributed by atoms with Crippen molar-refractivity contribution in [1.82, 2.24) is 10.3 Å². The van der Waals surface area contributed by atoms with Crippen molar-refractivity contribution in [3.8, 4) is 22.6 Å². The Hall–Kier alpha value is -3.60. The average molecular weight is 485 g/mol. The molecule has 4 rings (SSSR count). The molecule has 0 aliphatic heterocycles. The van der Waals surface area contributed by atoms with Crippen molar-refractivity contribution in [1.29, 1.82) is 0 Å². The summed E-state index contributed by atoms with van der Waals surface area (Å²) in [6.45, 7) is 0. The van der Waals surface area contributed by atoms with Gasteiger partial charge in [0.05, 0.1) is 10.6 Å². The minimum Gasteiger partial charge on any atom is -0.451 e. The maximum Gasteiger partial charge on any atom is 0.293 e. The molecular formula is C21H13ClN4O4S2. The van der Waals surface area contributed by atoms with E-state index in [0.29, 0.717) is 21.5 Å². The number of aromatic nitrogens is 1. The van der Waals surface area contributed by atoms with Crippen LogP contribution in [0.25, 0.3) is 22.6 Å². The first-order valence-corrected chi connectivity index (χ1v) is 10.7. The molecule has 0 saturated carbocycles. The third-order valence-electron chi connectivity index (χ3n) is 4.26. The van der Waals surface area contributed by atoms with Crippen LogP contribution in [0, 0.1) is 10.1 Å². The molecule has 160 valence electrons. The maximum absolute atomic E-state index is 12.5. The highest BCUT2D eigenvalue weighted by atomic mass is 35.5. The van der Waals surface area contributed by atoms with Crippen LogP contribution in [0.2, 0.25) is 5.02 Å². The van der Waals surface area contributed by atoms with Crippen LogP contribution in [0.15, 0.2) is 70.5 Å². The number of anilines is 1. The number of nitro groups is 1. The van der Waals surface area contributed by atoms with Crippen LogP contribution in [-0.4, -0.2) is 20.9 Å². The van der Waals surface area contributed by atoms with E-state index < -0.39 is 10.8 Å². The summed E-state index contributed by atoms with van der Waals surface area (Å²) in [5.41, 5.74) is 2.06. The predicted molar refractivity (Wildman–Crippen MR) is 127 cm³/mol. The maximum atomic E-state index is 12.5. The van der Waals surface area contributed by atoms with Crippen LogP contribution >= 0.6 is 35.2 Å². The van der Waals surface area contributed by atoms with E-state index in [2.05, 4.69) is 15.6 Å². The van der Waals surface area contributed by atoms with Crippen LogP contribution < -0.4 is 10.6 Å². The fourth-order valence-electron chi connectivity index (χ4n) is 2.77. The lowest BCUT2D eigenvalue weighted by Gasteiger charge is -2.05. The molecule has 11 heteroatoms. The lowest BCUT2D eigenvalue weighted by molar-refractivity contribution is -0.384. The number of furan rings is 1. The van der Waals surface area contributed by atoms with Gasteiger partial charge >= 0.3 is 0 Å². The van der Waals surface area contributed by atoms with E-state index in [0.717, 1.165) is 11.3 Å². The molecule has 1 amide bonds. The van der Waals surface area contributed by atoms with Crippen molar-refractivity contribution in [2.45, 2.75) is 0 Å². The van der Waals surface area contributed by atoms with Gasteiger partial charge in [-0.1, -0.05) is 35.9 Å². The number of carbonyl (C=O) groups excluding carboxylic acids is 1. The van der Waals surface area contributed by atoms with Crippen molar-refractivity contribution in [3.63, 3.8) is 0 Å². The standard InChI is InChI=1S/C21H13ClN4O4S2/c22-14-6-4-12(5-7-14)16-11-32-21(23-16)25-20(31)24-19(27)18-9-8-17(30-18)13-2-1-3-15(10-13)26(28)29/h1-11H,(H2,23,24,25,27,31). The molecule has 2 heterocycles. The van der Waals surface area contributed by atoms with Crippen molar-refractivity contribution in [2.75, 3.05) is 5.32 Å². The van der Waals surface area contributed by atoms with Gasteiger partial charge in [-0.05, 0) is 36.5 Å². The molecule has 0 fully saturated rings. The second kappa shape index (κ2) is 9.27. The van der Waals surface area contributed by atoms with Gasteiger partial charge in [0.1, 0.15) is 5.76 Å². The zero-order chi connectivity index (χ0) is 22.7. The van der Waals surface area contributed by atoms with Crippen molar-refractivity contribution >= 4 is 57.0 Å². The van der Waals surface area contributed by atoms with Crippen molar-refractivity contribution in [3.05, 3.63) is 86.9 Å². The van der Waals surface area contributed by atoms with E-state index >= 15 is 0 Å². The van der Waals surface area contributed by atoms with E-state index in [9.17, 15) is 14.9 Å². The molecule has 2 N–H and O–H groups in total. The highest BCUT2D eigenvalue weighted by molar-refractivity contribution is 7.80. The number of hydrogen-bond acceptors (Lipinski definition) is 7. The number of amides is 1. The smallest absolute Gasteiger partial charge is 0.293 e. The summed E-state index contributed by atoms with van der Waals surface area (Å²) in [5, 5.41) is 19.4. The number of carbonyl (C=O) groups is 1. The number of non-ortho nitro benzene ring substituents is 1. The summed E-state index contributed by atoms with van der Waals surface area (Å²) >= 11 is 12.4. The Bertz CT molecular complexity index is 1320. The summed E-state index contributed by atoms with van der Waals surface area (Å²) in [5.74, 6) is -0.226. The van der Waals surface area contributed by atoms with Crippen LogP contribution in [0.5, 0.6) is 0 Å². The lowest BCUT2D eigenvalue weighted by Crippen LogP contribution is -2.33. The molecule has 0 unspecified atom stereocenters. The van der Waals surface area contributed by atoms with E-state index in [-0.39, 0.29) is 16.6 Å². The molecule has 2 aromatic carbocycles. The largest absolute Gasteiger partial charge is 0.451 e. The first kappa shape index (κ1) is 21.6. The fraction of sp³-hybridized carbons (Fsp3) is 0. The molecule has 0 saturated heterocycles.